The Morgan fingerprint density at radius 2 is 1.35 bits per heavy atom. The lowest BCUT2D eigenvalue weighted by Crippen LogP contribution is -2.03. The number of hydrogen-bond acceptors (Lipinski definition) is 9. The van der Waals surface area contributed by atoms with Gasteiger partial charge in [-0.3, -0.25) is 0 Å². The van der Waals surface area contributed by atoms with Gasteiger partial charge in [-0.1, -0.05) is 31.5 Å². The van der Waals surface area contributed by atoms with E-state index < -0.39 is 0 Å². The minimum absolute atomic E-state index is 0.210. The van der Waals surface area contributed by atoms with Gasteiger partial charge >= 0.3 is 0 Å². The molecule has 0 radical (unpaired) electrons. The largest absolute Gasteiger partial charge is 0.493 e. The van der Waals surface area contributed by atoms with Gasteiger partial charge in [0.25, 0.3) is 0 Å². The van der Waals surface area contributed by atoms with Gasteiger partial charge in [-0.15, -0.1) is 22.7 Å². The quantitative estimate of drug-likeness (QED) is 0.150. The molecule has 0 aliphatic rings. The number of anilines is 1. The first-order valence-corrected chi connectivity index (χ1v) is 14.1. The molecule has 0 saturated heterocycles. The second-order valence-electron chi connectivity index (χ2n) is 7.74. The van der Waals surface area contributed by atoms with Gasteiger partial charge in [0.05, 0.1) is 19.6 Å². The fourth-order valence-electron chi connectivity index (χ4n) is 3.52. The minimum Gasteiger partial charge on any atom is -0.493 e. The fourth-order valence-corrected chi connectivity index (χ4v) is 6.21. The lowest BCUT2D eigenvalue weighted by Gasteiger charge is -2.11. The molecule has 0 spiro atoms. The summed E-state index contributed by atoms with van der Waals surface area (Å²) in [6, 6.07) is 9.94. The van der Waals surface area contributed by atoms with Gasteiger partial charge in [-0.25, -0.2) is 19.9 Å². The fraction of sp³-hybridized carbons (Fsp3) is 0.280. The Bertz CT molecular complexity index is 1540. The Morgan fingerprint density at radius 3 is 1.97 bits per heavy atom. The van der Waals surface area contributed by atoms with Crippen LogP contribution in [0.25, 0.3) is 20.4 Å². The molecule has 0 atom stereocenters. The molecule has 4 heterocycles. The summed E-state index contributed by atoms with van der Waals surface area (Å²) >= 11 is 20.9. The van der Waals surface area contributed by atoms with Gasteiger partial charge in [0, 0.05) is 21.7 Å². The van der Waals surface area contributed by atoms with Gasteiger partial charge in [0.1, 0.15) is 20.6 Å². The highest BCUT2D eigenvalue weighted by Crippen LogP contribution is 2.32. The average Bonchev–Trinajstić information content (AvgIpc) is 3.51. The van der Waals surface area contributed by atoms with E-state index in [9.17, 15) is 0 Å². The van der Waals surface area contributed by atoms with Gasteiger partial charge in [0.2, 0.25) is 10.6 Å². The van der Waals surface area contributed by atoms with E-state index in [2.05, 4.69) is 45.2 Å². The van der Waals surface area contributed by atoms with Crippen LogP contribution >= 0.6 is 57.5 Å². The molecule has 37 heavy (non-hydrogen) atoms. The second kappa shape index (κ2) is 12.4. The van der Waals surface area contributed by atoms with Crippen molar-refractivity contribution in [1.82, 2.24) is 19.9 Å². The van der Waals surface area contributed by atoms with E-state index in [-0.39, 0.29) is 10.6 Å². The Hall–Kier alpha value is -2.43. The van der Waals surface area contributed by atoms with Crippen molar-refractivity contribution in [3.8, 4) is 11.5 Å². The zero-order chi connectivity index (χ0) is 26.5. The van der Waals surface area contributed by atoms with E-state index in [1.165, 1.54) is 9.75 Å². The van der Waals surface area contributed by atoms with Gasteiger partial charge < -0.3 is 14.8 Å². The molecule has 0 bridgehead atoms. The number of halogens is 3. The summed E-state index contributed by atoms with van der Waals surface area (Å²) < 4.78 is 10.6. The number of nitrogens with zero attached hydrogens (tertiary/aromatic N) is 4. The van der Waals surface area contributed by atoms with Crippen LogP contribution in [0.5, 0.6) is 11.5 Å². The third-order valence-electron chi connectivity index (χ3n) is 5.39. The van der Waals surface area contributed by atoms with Crippen molar-refractivity contribution in [1.29, 1.82) is 0 Å². The number of methoxy groups -OCH3 is 2. The second-order valence-corrected chi connectivity index (χ2v) is 11.0. The van der Waals surface area contributed by atoms with Crippen LogP contribution in [0.2, 0.25) is 15.7 Å². The average molecular weight is 597 g/mol. The molecule has 5 rings (SSSR count). The highest BCUT2D eigenvalue weighted by Gasteiger charge is 2.12. The Morgan fingerprint density at radius 1 is 0.757 bits per heavy atom. The molecule has 5 aromatic rings. The van der Waals surface area contributed by atoms with E-state index in [0.29, 0.717) is 23.2 Å². The van der Waals surface area contributed by atoms with Crippen molar-refractivity contribution in [3.63, 3.8) is 0 Å². The lowest BCUT2D eigenvalue weighted by atomic mass is 10.2. The summed E-state index contributed by atoms with van der Waals surface area (Å²) in [6.45, 7) is 4.81. The predicted molar refractivity (Wildman–Crippen MR) is 155 cm³/mol. The summed E-state index contributed by atoms with van der Waals surface area (Å²) in [5.74, 6) is 2.15. The molecular formula is C25H24Cl3N5O2S2. The van der Waals surface area contributed by atoms with Crippen LogP contribution < -0.4 is 14.8 Å². The van der Waals surface area contributed by atoms with Crippen molar-refractivity contribution < 1.29 is 9.47 Å². The molecule has 0 amide bonds. The first kappa shape index (κ1) is 27.6. The van der Waals surface area contributed by atoms with Crippen LogP contribution in [0.4, 0.5) is 5.82 Å². The molecule has 1 N–H and O–H groups in total. The zero-order valence-electron chi connectivity index (χ0n) is 20.6. The van der Waals surface area contributed by atoms with Gasteiger partial charge in [-0.05, 0) is 65.9 Å². The van der Waals surface area contributed by atoms with Gasteiger partial charge in [0.15, 0.2) is 11.5 Å². The minimum atomic E-state index is 0.210. The Labute approximate surface area is 237 Å². The molecule has 0 aliphatic heterocycles. The third kappa shape index (κ3) is 6.53. The summed E-state index contributed by atoms with van der Waals surface area (Å²) in [5, 5.41) is 6.14. The summed E-state index contributed by atoms with van der Waals surface area (Å²) in [5.41, 5.74) is 1.06. The normalized spacial score (nSPS) is 10.9. The molecular weight excluding hydrogens is 573 g/mol. The molecule has 0 fully saturated rings. The maximum atomic E-state index is 6.05. The van der Waals surface area contributed by atoms with Crippen molar-refractivity contribution in [2.75, 3.05) is 19.5 Å². The van der Waals surface area contributed by atoms with Crippen LogP contribution in [0.3, 0.4) is 0 Å². The SMILES string of the molecule is CCc1cc2c(Cl)nc(Cl)nc2s1.CCc1cc2c(NCc3ccc(OC)c(OC)c3)nc(Cl)nc2s1. The van der Waals surface area contributed by atoms with Crippen molar-refractivity contribution in [2.24, 2.45) is 0 Å². The van der Waals surface area contributed by atoms with E-state index in [4.69, 9.17) is 44.3 Å². The predicted octanol–water partition coefficient (Wildman–Crippen LogP) is 8.10. The van der Waals surface area contributed by atoms with Crippen LogP contribution in [0.15, 0.2) is 30.3 Å². The number of hydrogen-bond donors (Lipinski definition) is 1. The summed E-state index contributed by atoms with van der Waals surface area (Å²) in [7, 11) is 3.25. The number of ether oxygens (including phenoxy) is 2. The Balaban J connectivity index is 0.000000207. The smallest absolute Gasteiger partial charge is 0.225 e. The number of fused-ring (bicyclic) bond motifs is 2. The number of aromatic nitrogens is 4. The van der Waals surface area contributed by atoms with Crippen LogP contribution in [0, 0.1) is 0 Å². The van der Waals surface area contributed by atoms with E-state index >= 15 is 0 Å². The van der Waals surface area contributed by atoms with Gasteiger partial charge in [-0.2, -0.15) is 0 Å². The first-order valence-electron chi connectivity index (χ1n) is 11.4. The van der Waals surface area contributed by atoms with Crippen molar-refractivity contribution in [2.45, 2.75) is 33.2 Å². The molecule has 0 saturated carbocycles. The maximum Gasteiger partial charge on any atom is 0.225 e. The van der Waals surface area contributed by atoms with Crippen molar-refractivity contribution >= 4 is 83.7 Å². The molecule has 12 heteroatoms. The maximum absolute atomic E-state index is 6.05. The number of benzene rings is 1. The monoisotopic (exact) mass is 595 g/mol. The topological polar surface area (TPSA) is 82.1 Å². The standard InChI is InChI=1S/C17H18ClN3O2S.C8H6Cl2N2S/c1-4-11-8-12-15(20-17(18)21-16(12)24-11)19-9-10-5-6-13(22-2)14(7-10)23-3;1-2-4-3-5-6(9)11-8(10)12-7(5)13-4/h5-8H,4,9H2,1-3H3,(H,19,20,21);3H,2H2,1H3. The zero-order valence-corrected chi connectivity index (χ0v) is 24.5. The summed E-state index contributed by atoms with van der Waals surface area (Å²) in [4.78, 5) is 20.9. The van der Waals surface area contributed by atoms with Crippen LogP contribution in [-0.4, -0.2) is 34.2 Å². The number of nitrogens with one attached hydrogen (secondary N) is 1. The first-order chi connectivity index (χ1) is 17.8. The molecule has 194 valence electrons. The van der Waals surface area contributed by atoms with E-state index in [0.717, 1.165) is 44.7 Å². The highest BCUT2D eigenvalue weighted by molar-refractivity contribution is 7.19. The number of aryl methyl sites for hydroxylation is 2. The van der Waals surface area contributed by atoms with Crippen molar-refractivity contribution in [3.05, 3.63) is 61.4 Å². The van der Waals surface area contributed by atoms with Crippen LogP contribution in [0.1, 0.15) is 29.2 Å². The Kier molecular flexibility index (Phi) is 9.26. The van der Waals surface area contributed by atoms with E-state index in [1.54, 1.807) is 36.9 Å². The van der Waals surface area contributed by atoms with E-state index in [1.807, 2.05) is 24.3 Å². The molecule has 4 aromatic heterocycles. The summed E-state index contributed by atoms with van der Waals surface area (Å²) in [6.07, 6.45) is 1.95. The number of rotatable bonds is 7. The highest BCUT2D eigenvalue weighted by atomic mass is 35.5. The lowest BCUT2D eigenvalue weighted by molar-refractivity contribution is 0.354. The molecule has 1 aromatic carbocycles. The molecule has 7 nitrogen and oxygen atoms in total. The third-order valence-corrected chi connectivity index (χ3v) is 8.36. The number of thiophene rings is 2. The molecule has 0 aliphatic carbocycles. The molecule has 0 unspecified atom stereocenters. The van der Waals surface area contributed by atoms with Crippen LogP contribution in [-0.2, 0) is 19.4 Å².